The lowest BCUT2D eigenvalue weighted by molar-refractivity contribution is 0.0832. The van der Waals surface area contributed by atoms with Crippen LogP contribution >= 0.6 is 0 Å². The first-order valence-electron chi connectivity index (χ1n) is 6.47. The Morgan fingerprint density at radius 1 is 1.12 bits per heavy atom. The fraction of sp³-hybridized carbons (Fsp3) is 1.00. The van der Waals surface area contributed by atoms with Crippen molar-refractivity contribution in [3.8, 4) is 0 Å². The van der Waals surface area contributed by atoms with E-state index in [2.05, 4.69) is 0 Å². The molecule has 2 fully saturated rings. The van der Waals surface area contributed by atoms with Crippen LogP contribution in [0.15, 0.2) is 0 Å². The molecule has 0 bridgehead atoms. The summed E-state index contributed by atoms with van der Waals surface area (Å²) in [5, 5.41) is 9.54. The Kier molecular flexibility index (Phi) is 4.07. The molecule has 2 aliphatic rings. The highest BCUT2D eigenvalue weighted by atomic mass is 32.2. The Hall–Kier alpha value is -0.170. The summed E-state index contributed by atoms with van der Waals surface area (Å²) in [5.74, 6) is 0. The molecule has 17 heavy (non-hydrogen) atoms. The molecule has 0 aromatic carbocycles. The van der Waals surface area contributed by atoms with E-state index in [-0.39, 0.29) is 12.1 Å². The molecule has 0 saturated carbocycles. The molecule has 0 aromatic rings. The van der Waals surface area contributed by atoms with Crippen molar-refractivity contribution in [2.75, 3.05) is 19.6 Å². The number of rotatable bonds is 2. The van der Waals surface area contributed by atoms with Gasteiger partial charge in [-0.25, -0.2) is 0 Å². The first-order chi connectivity index (χ1) is 8.01. The second-order valence-corrected chi connectivity index (χ2v) is 6.99. The number of aliphatic hydroxyl groups is 1. The Labute approximate surface area is 104 Å². The zero-order chi connectivity index (χ0) is 12.5. The van der Waals surface area contributed by atoms with E-state index < -0.39 is 10.2 Å². The second-order valence-electron chi connectivity index (χ2n) is 5.11. The number of hydrogen-bond donors (Lipinski definition) is 1. The van der Waals surface area contributed by atoms with Crippen molar-refractivity contribution in [3.05, 3.63) is 0 Å². The Bertz CT molecular complexity index is 352. The largest absolute Gasteiger partial charge is 0.393 e. The predicted molar refractivity (Wildman–Crippen MR) is 65.8 cm³/mol. The van der Waals surface area contributed by atoms with E-state index in [0.29, 0.717) is 32.5 Å². The van der Waals surface area contributed by atoms with Gasteiger partial charge in [0.05, 0.1) is 6.10 Å². The van der Waals surface area contributed by atoms with Gasteiger partial charge in [0.25, 0.3) is 10.2 Å². The number of nitrogens with zero attached hydrogens (tertiary/aromatic N) is 2. The Balaban J connectivity index is 2.08. The summed E-state index contributed by atoms with van der Waals surface area (Å²) in [7, 11) is -3.30. The van der Waals surface area contributed by atoms with Crippen LogP contribution in [0.2, 0.25) is 0 Å². The van der Waals surface area contributed by atoms with Gasteiger partial charge in [-0.2, -0.15) is 17.0 Å². The summed E-state index contributed by atoms with van der Waals surface area (Å²) in [6.45, 7) is 3.62. The van der Waals surface area contributed by atoms with Crippen molar-refractivity contribution in [2.45, 2.75) is 51.2 Å². The molecule has 0 aromatic heterocycles. The van der Waals surface area contributed by atoms with Crippen LogP contribution in [-0.4, -0.2) is 53.9 Å². The van der Waals surface area contributed by atoms with Gasteiger partial charge in [-0.3, -0.25) is 0 Å². The molecule has 2 heterocycles. The molecule has 2 rings (SSSR count). The van der Waals surface area contributed by atoms with Crippen LogP contribution in [0, 0.1) is 0 Å². The summed E-state index contributed by atoms with van der Waals surface area (Å²) in [6.07, 6.45) is 3.80. The van der Waals surface area contributed by atoms with E-state index in [4.69, 9.17) is 0 Å². The maximum atomic E-state index is 12.4. The summed E-state index contributed by atoms with van der Waals surface area (Å²) < 4.78 is 28.0. The van der Waals surface area contributed by atoms with Gasteiger partial charge in [0.15, 0.2) is 0 Å². The number of piperidine rings is 2. The van der Waals surface area contributed by atoms with E-state index in [1.165, 1.54) is 0 Å². The molecular weight excluding hydrogens is 240 g/mol. The van der Waals surface area contributed by atoms with E-state index in [1.54, 1.807) is 8.61 Å². The summed E-state index contributed by atoms with van der Waals surface area (Å²) in [4.78, 5) is 0. The average Bonchev–Trinajstić information content (AvgIpc) is 2.29. The SMILES string of the molecule is C[C@H]1C[C@H](O)CCN1S(=O)(=O)N1CCCCC1. The smallest absolute Gasteiger partial charge is 0.282 e. The maximum absolute atomic E-state index is 12.4. The summed E-state index contributed by atoms with van der Waals surface area (Å²) in [6, 6.07) is -0.0920. The fourth-order valence-electron chi connectivity index (χ4n) is 2.71. The first kappa shape index (κ1) is 13.3. The normalized spacial score (nSPS) is 33.8. The van der Waals surface area contributed by atoms with Crippen LogP contribution in [0.25, 0.3) is 0 Å². The van der Waals surface area contributed by atoms with Gasteiger partial charge in [-0.1, -0.05) is 6.42 Å². The lowest BCUT2D eigenvalue weighted by Gasteiger charge is -2.39. The zero-order valence-electron chi connectivity index (χ0n) is 10.4. The molecular formula is C11H22N2O3S. The van der Waals surface area contributed by atoms with Crippen molar-refractivity contribution in [2.24, 2.45) is 0 Å². The van der Waals surface area contributed by atoms with Gasteiger partial charge in [0, 0.05) is 25.7 Å². The molecule has 0 unspecified atom stereocenters. The molecule has 6 heteroatoms. The van der Waals surface area contributed by atoms with E-state index in [0.717, 1.165) is 19.3 Å². The maximum Gasteiger partial charge on any atom is 0.282 e. The molecule has 0 radical (unpaired) electrons. The van der Waals surface area contributed by atoms with Crippen LogP contribution in [-0.2, 0) is 10.2 Å². The third-order valence-electron chi connectivity index (χ3n) is 3.73. The topological polar surface area (TPSA) is 60.9 Å². The third-order valence-corrected chi connectivity index (χ3v) is 5.88. The van der Waals surface area contributed by atoms with Gasteiger partial charge in [-0.05, 0) is 32.6 Å². The minimum atomic E-state index is -3.30. The van der Waals surface area contributed by atoms with Crippen molar-refractivity contribution in [1.82, 2.24) is 8.61 Å². The summed E-state index contributed by atoms with van der Waals surface area (Å²) in [5.41, 5.74) is 0. The van der Waals surface area contributed by atoms with Gasteiger partial charge >= 0.3 is 0 Å². The molecule has 5 nitrogen and oxygen atoms in total. The first-order valence-corrected chi connectivity index (χ1v) is 7.86. The minimum absolute atomic E-state index is 0.0920. The molecule has 0 amide bonds. The van der Waals surface area contributed by atoms with Crippen LogP contribution in [0.1, 0.15) is 39.0 Å². The van der Waals surface area contributed by atoms with Crippen LogP contribution in [0.5, 0.6) is 0 Å². The Morgan fingerprint density at radius 3 is 2.35 bits per heavy atom. The molecule has 0 aliphatic carbocycles. The fourth-order valence-corrected chi connectivity index (χ4v) is 4.61. The van der Waals surface area contributed by atoms with Gasteiger partial charge in [0.2, 0.25) is 0 Å². The standard InChI is InChI=1S/C11H22N2O3S/c1-10-9-11(14)5-8-13(10)17(15,16)12-6-3-2-4-7-12/h10-11,14H,2-9H2,1H3/t10-,11+/m0/s1. The highest BCUT2D eigenvalue weighted by Gasteiger charge is 2.36. The van der Waals surface area contributed by atoms with E-state index in [1.807, 2.05) is 6.92 Å². The number of hydrogen-bond acceptors (Lipinski definition) is 3. The molecule has 100 valence electrons. The second kappa shape index (κ2) is 5.22. The van der Waals surface area contributed by atoms with Crippen LogP contribution in [0.3, 0.4) is 0 Å². The Morgan fingerprint density at radius 2 is 1.76 bits per heavy atom. The van der Waals surface area contributed by atoms with Crippen LogP contribution in [0.4, 0.5) is 0 Å². The van der Waals surface area contributed by atoms with Crippen molar-refractivity contribution >= 4 is 10.2 Å². The number of aliphatic hydroxyl groups excluding tert-OH is 1. The van der Waals surface area contributed by atoms with Gasteiger partial charge in [0.1, 0.15) is 0 Å². The molecule has 1 N–H and O–H groups in total. The van der Waals surface area contributed by atoms with Crippen molar-refractivity contribution < 1.29 is 13.5 Å². The van der Waals surface area contributed by atoms with Gasteiger partial charge in [-0.15, -0.1) is 0 Å². The van der Waals surface area contributed by atoms with E-state index in [9.17, 15) is 13.5 Å². The lowest BCUT2D eigenvalue weighted by atomic mass is 10.0. The molecule has 2 saturated heterocycles. The highest BCUT2D eigenvalue weighted by molar-refractivity contribution is 7.86. The monoisotopic (exact) mass is 262 g/mol. The van der Waals surface area contributed by atoms with Crippen LogP contribution < -0.4 is 0 Å². The van der Waals surface area contributed by atoms with Crippen molar-refractivity contribution in [3.63, 3.8) is 0 Å². The lowest BCUT2D eigenvalue weighted by Crippen LogP contribution is -2.52. The molecule has 2 aliphatic heterocycles. The quantitative estimate of drug-likeness (QED) is 0.791. The molecule has 2 atom stereocenters. The highest BCUT2D eigenvalue weighted by Crippen LogP contribution is 2.24. The molecule has 0 spiro atoms. The third kappa shape index (κ3) is 2.81. The summed E-state index contributed by atoms with van der Waals surface area (Å²) >= 11 is 0. The average molecular weight is 262 g/mol. The minimum Gasteiger partial charge on any atom is -0.393 e. The van der Waals surface area contributed by atoms with E-state index >= 15 is 0 Å². The van der Waals surface area contributed by atoms with Gasteiger partial charge < -0.3 is 5.11 Å². The predicted octanol–water partition coefficient (Wildman–Crippen LogP) is 0.562. The zero-order valence-corrected chi connectivity index (χ0v) is 11.2. The van der Waals surface area contributed by atoms with Crippen molar-refractivity contribution in [1.29, 1.82) is 0 Å².